The Kier molecular flexibility index (Phi) is 4.25. The Hall–Kier alpha value is -3.01. The second-order valence-corrected chi connectivity index (χ2v) is 6.86. The Labute approximate surface area is 153 Å². The third-order valence-electron chi connectivity index (χ3n) is 5.04. The zero-order valence-electron chi connectivity index (χ0n) is 14.6. The summed E-state index contributed by atoms with van der Waals surface area (Å²) in [5.41, 5.74) is 1.93. The number of amides is 2. The molecule has 0 N–H and O–H groups in total. The number of pyridine rings is 1. The van der Waals surface area contributed by atoms with Crippen LogP contribution >= 0.6 is 0 Å². The summed E-state index contributed by atoms with van der Waals surface area (Å²) in [5.74, 6) is 3.56. The van der Waals surface area contributed by atoms with Crippen molar-refractivity contribution in [2.24, 2.45) is 0 Å². The third-order valence-corrected chi connectivity index (χ3v) is 5.04. The number of hydrogen-bond acceptors (Lipinski definition) is 4. The van der Waals surface area contributed by atoms with Crippen LogP contribution in [0, 0.1) is 18.2 Å². The normalized spacial score (nSPS) is 19.3. The maximum atomic E-state index is 12.7. The Balaban J connectivity index is 1.46. The van der Waals surface area contributed by atoms with E-state index in [0.717, 1.165) is 24.1 Å². The lowest BCUT2D eigenvalue weighted by Crippen LogP contribution is -2.43. The highest BCUT2D eigenvalue weighted by atomic mass is 16.5. The summed E-state index contributed by atoms with van der Waals surface area (Å²) in [6.07, 6.45) is 3.18. The van der Waals surface area contributed by atoms with Crippen LogP contribution in [0.1, 0.15) is 5.56 Å². The standard InChI is InChI=1S/C19H19BN4O2/c1-14-2-5-17(6-3-14)26-18-7-4-15(11-22-18)24-12-16-10-20(13-21)8-9-23(16)19(24)25/h2-7,11,16H,8-10,12H2,1H3. The molecule has 2 aliphatic rings. The highest BCUT2D eigenvalue weighted by Crippen LogP contribution is 2.30. The number of aryl methyl sites for hydroxylation is 1. The Morgan fingerprint density at radius 3 is 2.77 bits per heavy atom. The first-order chi connectivity index (χ1) is 12.6. The molecule has 4 rings (SSSR count). The highest BCUT2D eigenvalue weighted by molar-refractivity contribution is 6.67. The molecule has 0 saturated carbocycles. The summed E-state index contributed by atoms with van der Waals surface area (Å²) in [4.78, 5) is 20.6. The van der Waals surface area contributed by atoms with Crippen molar-refractivity contribution in [3.8, 4) is 17.6 Å². The second-order valence-electron chi connectivity index (χ2n) is 6.86. The van der Waals surface area contributed by atoms with E-state index in [-0.39, 0.29) is 18.8 Å². The van der Waals surface area contributed by atoms with E-state index in [0.29, 0.717) is 19.0 Å². The summed E-state index contributed by atoms with van der Waals surface area (Å²) >= 11 is 0. The first-order valence-electron chi connectivity index (χ1n) is 8.82. The smallest absolute Gasteiger partial charge is 0.324 e. The lowest BCUT2D eigenvalue weighted by Gasteiger charge is -2.28. The number of nitriles is 1. The van der Waals surface area contributed by atoms with Gasteiger partial charge >= 0.3 is 6.03 Å². The van der Waals surface area contributed by atoms with Gasteiger partial charge in [-0.2, -0.15) is 0 Å². The highest BCUT2D eigenvalue weighted by Gasteiger charge is 2.42. The van der Waals surface area contributed by atoms with E-state index >= 15 is 0 Å². The van der Waals surface area contributed by atoms with Crippen LogP contribution in [0.15, 0.2) is 42.6 Å². The summed E-state index contributed by atoms with van der Waals surface area (Å²) in [6, 6.07) is 11.5. The molecule has 26 heavy (non-hydrogen) atoms. The molecule has 2 amide bonds. The van der Waals surface area contributed by atoms with Gasteiger partial charge in [0.25, 0.3) is 6.71 Å². The maximum Gasteiger partial charge on any atom is 0.324 e. The molecule has 2 aromatic rings. The molecule has 6 nitrogen and oxygen atoms in total. The number of aromatic nitrogens is 1. The molecule has 1 unspecified atom stereocenters. The van der Waals surface area contributed by atoms with Crippen molar-refractivity contribution in [2.75, 3.05) is 18.0 Å². The summed E-state index contributed by atoms with van der Waals surface area (Å²) in [5, 5.41) is 9.14. The van der Waals surface area contributed by atoms with E-state index < -0.39 is 0 Å². The van der Waals surface area contributed by atoms with Crippen molar-refractivity contribution < 1.29 is 9.53 Å². The van der Waals surface area contributed by atoms with Crippen molar-refractivity contribution >= 4 is 18.4 Å². The van der Waals surface area contributed by atoms with Crippen LogP contribution in [0.4, 0.5) is 10.5 Å². The minimum atomic E-state index is 0.000364. The van der Waals surface area contributed by atoms with Gasteiger partial charge < -0.3 is 9.64 Å². The van der Waals surface area contributed by atoms with Gasteiger partial charge in [0.1, 0.15) is 5.75 Å². The van der Waals surface area contributed by atoms with Crippen LogP contribution < -0.4 is 9.64 Å². The molecule has 0 bridgehead atoms. The van der Waals surface area contributed by atoms with Crippen molar-refractivity contribution in [1.29, 1.82) is 5.26 Å². The van der Waals surface area contributed by atoms with Crippen LogP contribution in [0.3, 0.4) is 0 Å². The van der Waals surface area contributed by atoms with Crippen LogP contribution in [0.5, 0.6) is 11.6 Å². The fourth-order valence-corrected chi connectivity index (χ4v) is 3.57. The lowest BCUT2D eigenvalue weighted by molar-refractivity contribution is 0.209. The number of urea groups is 1. The number of rotatable bonds is 3. The summed E-state index contributed by atoms with van der Waals surface area (Å²) < 4.78 is 5.74. The minimum Gasteiger partial charge on any atom is -0.439 e. The summed E-state index contributed by atoms with van der Waals surface area (Å²) in [6.45, 7) is 3.33. The minimum absolute atomic E-state index is 0.000364. The topological polar surface area (TPSA) is 69.5 Å². The molecule has 130 valence electrons. The molecule has 2 fully saturated rings. The van der Waals surface area contributed by atoms with Gasteiger partial charge in [-0.3, -0.25) is 4.90 Å². The fourth-order valence-electron chi connectivity index (χ4n) is 3.57. The molecule has 1 atom stereocenters. The van der Waals surface area contributed by atoms with Gasteiger partial charge in [0.05, 0.1) is 11.9 Å². The average Bonchev–Trinajstić information content (AvgIpc) is 3.00. The SMILES string of the molecule is Cc1ccc(Oc2ccc(N3CC4CB(C#N)CCN4C3=O)cn2)cc1. The molecule has 1 aromatic carbocycles. The molecular formula is C19H19BN4O2. The Morgan fingerprint density at radius 1 is 1.27 bits per heavy atom. The van der Waals surface area contributed by atoms with Crippen LogP contribution in [-0.4, -0.2) is 41.8 Å². The number of hydrogen-bond donors (Lipinski definition) is 0. The third kappa shape index (κ3) is 3.10. The van der Waals surface area contributed by atoms with E-state index in [1.807, 2.05) is 42.2 Å². The number of benzene rings is 1. The van der Waals surface area contributed by atoms with Crippen LogP contribution in [0.25, 0.3) is 0 Å². The molecule has 0 aliphatic carbocycles. The molecular weight excluding hydrogens is 327 g/mol. The Morgan fingerprint density at radius 2 is 2.08 bits per heavy atom. The van der Waals surface area contributed by atoms with Gasteiger partial charge in [0, 0.05) is 31.2 Å². The molecule has 2 saturated heterocycles. The van der Waals surface area contributed by atoms with Gasteiger partial charge in [0.15, 0.2) is 0 Å². The molecule has 2 aliphatic heterocycles. The molecule has 0 spiro atoms. The number of anilines is 1. The van der Waals surface area contributed by atoms with E-state index in [1.54, 1.807) is 17.2 Å². The second kappa shape index (κ2) is 6.72. The van der Waals surface area contributed by atoms with E-state index in [4.69, 9.17) is 10.00 Å². The van der Waals surface area contributed by atoms with Crippen LogP contribution in [0.2, 0.25) is 12.6 Å². The fraction of sp³-hybridized carbons (Fsp3) is 0.316. The van der Waals surface area contributed by atoms with Crippen LogP contribution in [-0.2, 0) is 0 Å². The van der Waals surface area contributed by atoms with Crippen molar-refractivity contribution in [1.82, 2.24) is 9.88 Å². The number of carbonyl (C=O) groups is 1. The van der Waals surface area contributed by atoms with Crippen molar-refractivity contribution in [2.45, 2.75) is 25.6 Å². The Bertz CT molecular complexity index is 847. The van der Waals surface area contributed by atoms with E-state index in [2.05, 4.69) is 11.0 Å². The molecule has 7 heteroatoms. The first-order valence-corrected chi connectivity index (χ1v) is 8.82. The number of nitrogens with zero attached hydrogens (tertiary/aromatic N) is 4. The predicted octanol–water partition coefficient (Wildman–Crippen LogP) is 3.36. The zero-order valence-corrected chi connectivity index (χ0v) is 14.6. The predicted molar refractivity (Wildman–Crippen MR) is 99.7 cm³/mol. The molecule has 3 heterocycles. The molecule has 1 aromatic heterocycles. The van der Waals surface area contributed by atoms with Gasteiger partial charge in [-0.15, -0.1) is 0 Å². The van der Waals surface area contributed by atoms with E-state index in [1.165, 1.54) is 5.56 Å². The van der Waals surface area contributed by atoms with E-state index in [9.17, 15) is 4.79 Å². The maximum absolute atomic E-state index is 12.7. The lowest BCUT2D eigenvalue weighted by atomic mass is 9.44. The van der Waals surface area contributed by atoms with Gasteiger partial charge in [-0.1, -0.05) is 17.7 Å². The zero-order chi connectivity index (χ0) is 18.1. The molecule has 0 radical (unpaired) electrons. The van der Waals surface area contributed by atoms with Gasteiger partial charge in [0.2, 0.25) is 5.88 Å². The van der Waals surface area contributed by atoms with Crippen molar-refractivity contribution in [3.05, 3.63) is 48.2 Å². The first kappa shape index (κ1) is 16.5. The van der Waals surface area contributed by atoms with Gasteiger partial charge in [-0.05, 0) is 37.8 Å². The number of ether oxygens (including phenoxy) is 1. The quantitative estimate of drug-likeness (QED) is 0.799. The van der Waals surface area contributed by atoms with Gasteiger partial charge in [-0.25, -0.2) is 15.0 Å². The number of fused-ring (bicyclic) bond motifs is 1. The largest absolute Gasteiger partial charge is 0.439 e. The van der Waals surface area contributed by atoms with Crippen molar-refractivity contribution in [3.63, 3.8) is 0 Å². The summed E-state index contributed by atoms with van der Waals surface area (Å²) in [7, 11) is 0. The average molecular weight is 346 g/mol. The monoisotopic (exact) mass is 346 g/mol. The number of carbonyl (C=O) groups excluding carboxylic acids is 1.